The largest absolute Gasteiger partial charge is 0.409 e. The second-order valence-electron chi connectivity index (χ2n) is 0.970. The Morgan fingerprint density at radius 1 is 1.00 bits per heavy atom. The van der Waals surface area contributed by atoms with Crippen molar-refractivity contribution in [3.63, 3.8) is 0 Å². The van der Waals surface area contributed by atoms with Crippen LogP contribution in [-0.4, -0.2) is 22.1 Å². The third kappa shape index (κ3) is 3.76. The molecule has 0 aromatic carbocycles. The van der Waals surface area contributed by atoms with E-state index in [1.807, 2.05) is 0 Å². The van der Waals surface area contributed by atoms with Crippen LogP contribution >= 0.6 is 0 Å². The van der Waals surface area contributed by atoms with Crippen molar-refractivity contribution in [3.8, 4) is 0 Å². The van der Waals surface area contributed by atoms with Gasteiger partial charge in [-0.15, -0.1) is 0 Å². The van der Waals surface area contributed by atoms with E-state index in [1.54, 1.807) is 0 Å². The quantitative estimate of drug-likeness (QED) is 0.131. The number of hydrogen-bond donors (Lipinski definition) is 4. The summed E-state index contributed by atoms with van der Waals surface area (Å²) < 4.78 is 0. The molecular weight excluding hydrogens is 218 g/mol. The van der Waals surface area contributed by atoms with E-state index in [0.29, 0.717) is 0 Å². The summed E-state index contributed by atoms with van der Waals surface area (Å²) >= 11 is 0. The zero-order valence-electron chi connectivity index (χ0n) is 4.26. The van der Waals surface area contributed by atoms with Gasteiger partial charge >= 0.3 is 0 Å². The van der Waals surface area contributed by atoms with Gasteiger partial charge in [-0.05, 0) is 0 Å². The monoisotopic (exact) mass is 224 g/mol. The molecule has 0 saturated heterocycles. The van der Waals surface area contributed by atoms with Crippen LogP contribution in [-0.2, 0) is 20.4 Å². The number of nitrogens with zero attached hydrogens (tertiary/aromatic N) is 2. The fraction of sp³-hybridized carbons (Fsp3) is 0. The molecule has 0 bridgehead atoms. The summed E-state index contributed by atoms with van der Waals surface area (Å²) in [7, 11) is 0. The maximum absolute atomic E-state index is 7.83. The SMILES string of the molecule is NC(=N/O)/C(N)=N\O.[Pd]. The molecule has 0 atom stereocenters. The molecule has 0 unspecified atom stereocenters. The van der Waals surface area contributed by atoms with Crippen molar-refractivity contribution in [2.75, 3.05) is 0 Å². The van der Waals surface area contributed by atoms with E-state index >= 15 is 0 Å². The molecule has 0 fully saturated rings. The Balaban J connectivity index is 0. The standard InChI is InChI=1S/C2H6N4O2.Pd/c3-1(5-7)2(4)6-8;/h7-8H,(H2,3,5)(H2,4,6);. The molecule has 0 spiro atoms. The average Bonchev–Trinajstić information content (AvgIpc) is 1.84. The topological polar surface area (TPSA) is 117 Å². The van der Waals surface area contributed by atoms with Crippen LogP contribution in [0.1, 0.15) is 0 Å². The molecule has 0 amide bonds. The summed E-state index contributed by atoms with van der Waals surface area (Å²) in [5, 5.41) is 20.5. The Morgan fingerprint density at radius 2 is 1.22 bits per heavy atom. The van der Waals surface area contributed by atoms with Crippen LogP contribution in [0.15, 0.2) is 10.3 Å². The minimum absolute atomic E-state index is 0. The van der Waals surface area contributed by atoms with Crippen molar-refractivity contribution in [2.24, 2.45) is 21.8 Å². The fourth-order valence-electron chi connectivity index (χ4n) is 0.102. The van der Waals surface area contributed by atoms with Crippen molar-refractivity contribution in [1.82, 2.24) is 0 Å². The van der Waals surface area contributed by atoms with Crippen LogP contribution in [0.25, 0.3) is 0 Å². The van der Waals surface area contributed by atoms with Crippen LogP contribution in [0.4, 0.5) is 0 Å². The van der Waals surface area contributed by atoms with Gasteiger partial charge in [0.2, 0.25) is 11.7 Å². The van der Waals surface area contributed by atoms with Crippen LogP contribution in [0.3, 0.4) is 0 Å². The maximum atomic E-state index is 7.83. The minimum atomic E-state index is -0.410. The molecule has 0 aromatic rings. The molecular formula is C2H6N4O2Pd. The van der Waals surface area contributed by atoms with E-state index in [1.165, 1.54) is 0 Å². The first kappa shape index (κ1) is 11.1. The predicted molar refractivity (Wildman–Crippen MR) is 26.8 cm³/mol. The fourth-order valence-corrected chi connectivity index (χ4v) is 0.102. The third-order valence-electron chi connectivity index (χ3n) is 0.478. The van der Waals surface area contributed by atoms with Crippen LogP contribution in [0.2, 0.25) is 0 Å². The van der Waals surface area contributed by atoms with Crippen LogP contribution < -0.4 is 11.5 Å². The van der Waals surface area contributed by atoms with Gasteiger partial charge in [0, 0.05) is 20.4 Å². The maximum Gasteiger partial charge on any atom is 0.208 e. The van der Waals surface area contributed by atoms with Gasteiger partial charge < -0.3 is 21.9 Å². The van der Waals surface area contributed by atoms with Crippen molar-refractivity contribution >= 4 is 11.7 Å². The van der Waals surface area contributed by atoms with E-state index in [-0.39, 0.29) is 20.4 Å². The van der Waals surface area contributed by atoms with Crippen molar-refractivity contribution in [1.29, 1.82) is 0 Å². The molecule has 0 heterocycles. The average molecular weight is 225 g/mol. The van der Waals surface area contributed by atoms with Crippen molar-refractivity contribution in [2.45, 2.75) is 0 Å². The Hall–Kier alpha value is -0.798. The van der Waals surface area contributed by atoms with Gasteiger partial charge in [0.25, 0.3) is 0 Å². The molecule has 56 valence electrons. The molecule has 0 rings (SSSR count). The van der Waals surface area contributed by atoms with Crippen molar-refractivity contribution in [3.05, 3.63) is 0 Å². The van der Waals surface area contributed by atoms with E-state index in [0.717, 1.165) is 0 Å². The number of oxime groups is 2. The predicted octanol–water partition coefficient (Wildman–Crippen LogP) is -1.52. The Morgan fingerprint density at radius 3 is 1.33 bits per heavy atom. The smallest absolute Gasteiger partial charge is 0.208 e. The van der Waals surface area contributed by atoms with E-state index in [9.17, 15) is 0 Å². The molecule has 0 aliphatic heterocycles. The first-order valence-electron chi connectivity index (χ1n) is 1.67. The first-order chi connectivity index (χ1) is 3.72. The summed E-state index contributed by atoms with van der Waals surface area (Å²) in [6.07, 6.45) is 0. The molecule has 0 aromatic heterocycles. The molecule has 9 heavy (non-hydrogen) atoms. The molecule has 6 N–H and O–H groups in total. The van der Waals surface area contributed by atoms with Crippen molar-refractivity contribution < 1.29 is 30.8 Å². The second kappa shape index (κ2) is 5.34. The Kier molecular flexibility index (Phi) is 6.56. The summed E-state index contributed by atoms with van der Waals surface area (Å²) in [5.74, 6) is -0.819. The molecule has 0 saturated carbocycles. The van der Waals surface area contributed by atoms with Gasteiger partial charge in [0.05, 0.1) is 0 Å². The third-order valence-corrected chi connectivity index (χ3v) is 0.478. The zero-order chi connectivity index (χ0) is 6.57. The first-order valence-corrected chi connectivity index (χ1v) is 1.67. The normalized spacial score (nSPS) is 12.4. The van der Waals surface area contributed by atoms with Gasteiger partial charge in [0.15, 0.2) is 0 Å². The van der Waals surface area contributed by atoms with E-state index < -0.39 is 11.7 Å². The van der Waals surface area contributed by atoms with E-state index in [4.69, 9.17) is 21.9 Å². The number of hydrogen-bond acceptors (Lipinski definition) is 4. The molecule has 0 aliphatic carbocycles. The van der Waals surface area contributed by atoms with Gasteiger partial charge in [-0.2, -0.15) is 0 Å². The summed E-state index contributed by atoms with van der Waals surface area (Å²) in [4.78, 5) is 0. The number of amidine groups is 2. The van der Waals surface area contributed by atoms with Gasteiger partial charge in [-0.25, -0.2) is 0 Å². The summed E-state index contributed by atoms with van der Waals surface area (Å²) in [6, 6.07) is 0. The summed E-state index contributed by atoms with van der Waals surface area (Å²) in [6.45, 7) is 0. The molecule has 7 heteroatoms. The van der Waals surface area contributed by atoms with E-state index in [2.05, 4.69) is 10.3 Å². The molecule has 6 nitrogen and oxygen atoms in total. The molecule has 0 radical (unpaired) electrons. The number of rotatable bonds is 0. The van der Waals surface area contributed by atoms with Gasteiger partial charge in [-0.3, -0.25) is 0 Å². The number of nitrogens with two attached hydrogens (primary N) is 2. The Labute approximate surface area is 64.9 Å². The Bertz CT molecular complexity index is 117. The van der Waals surface area contributed by atoms with Gasteiger partial charge in [-0.1, -0.05) is 10.3 Å². The molecule has 0 aliphatic rings. The second-order valence-corrected chi connectivity index (χ2v) is 0.970. The van der Waals surface area contributed by atoms with Crippen LogP contribution in [0.5, 0.6) is 0 Å². The van der Waals surface area contributed by atoms with Gasteiger partial charge in [0.1, 0.15) is 0 Å². The zero-order valence-corrected chi connectivity index (χ0v) is 5.81. The summed E-state index contributed by atoms with van der Waals surface area (Å²) in [5.41, 5.74) is 9.62. The minimum Gasteiger partial charge on any atom is -0.409 e. The van der Waals surface area contributed by atoms with Crippen LogP contribution in [0, 0.1) is 0 Å².